The van der Waals surface area contributed by atoms with Gasteiger partial charge in [-0.15, -0.1) is 11.6 Å². The lowest BCUT2D eigenvalue weighted by atomic mass is 10.0. The highest BCUT2D eigenvalue weighted by atomic mass is 35.5. The Hall–Kier alpha value is -0.0500. The van der Waals surface area contributed by atoms with Crippen LogP contribution in [0, 0.1) is 0 Å². The first-order valence-corrected chi connectivity index (χ1v) is 4.74. The SMILES string of the molecule is C=C1CCN(C)C(OCC)C1Cl. The summed E-state index contributed by atoms with van der Waals surface area (Å²) in [7, 11) is 2.03. The number of halogens is 1. The second-order valence-electron chi connectivity index (χ2n) is 3.14. The van der Waals surface area contributed by atoms with Crippen LogP contribution in [0.15, 0.2) is 12.2 Å². The number of likely N-dealkylation sites (tertiary alicyclic amines) is 1. The number of nitrogens with zero attached hydrogens (tertiary/aromatic N) is 1. The number of hydrogen-bond donors (Lipinski definition) is 0. The molecule has 0 aromatic rings. The maximum atomic E-state index is 6.14. The molecular weight excluding hydrogens is 174 g/mol. The lowest BCUT2D eigenvalue weighted by Crippen LogP contribution is -2.46. The monoisotopic (exact) mass is 189 g/mol. The lowest BCUT2D eigenvalue weighted by molar-refractivity contribution is -0.0477. The zero-order chi connectivity index (χ0) is 9.14. The third-order valence-corrected chi connectivity index (χ3v) is 2.72. The van der Waals surface area contributed by atoms with Crippen molar-refractivity contribution in [2.45, 2.75) is 24.9 Å². The second kappa shape index (κ2) is 4.26. The molecule has 2 atom stereocenters. The molecule has 12 heavy (non-hydrogen) atoms. The zero-order valence-corrected chi connectivity index (χ0v) is 8.47. The summed E-state index contributed by atoms with van der Waals surface area (Å²) in [5, 5.41) is -0.0521. The van der Waals surface area contributed by atoms with Crippen LogP contribution in [-0.4, -0.2) is 36.7 Å². The highest BCUT2D eigenvalue weighted by Gasteiger charge is 2.30. The van der Waals surface area contributed by atoms with Crippen molar-refractivity contribution >= 4 is 11.6 Å². The molecule has 0 bridgehead atoms. The first-order chi connectivity index (χ1) is 5.66. The molecule has 70 valence electrons. The fourth-order valence-corrected chi connectivity index (χ4v) is 1.77. The van der Waals surface area contributed by atoms with Gasteiger partial charge in [-0.1, -0.05) is 12.2 Å². The van der Waals surface area contributed by atoms with E-state index in [2.05, 4.69) is 11.5 Å². The number of ether oxygens (including phenoxy) is 1. The summed E-state index contributed by atoms with van der Waals surface area (Å²) >= 11 is 6.14. The van der Waals surface area contributed by atoms with E-state index in [1.165, 1.54) is 0 Å². The number of rotatable bonds is 2. The molecule has 1 saturated heterocycles. The van der Waals surface area contributed by atoms with Crippen molar-refractivity contribution in [3.63, 3.8) is 0 Å². The topological polar surface area (TPSA) is 12.5 Å². The minimum atomic E-state index is -0.0521. The molecule has 2 nitrogen and oxygen atoms in total. The fourth-order valence-electron chi connectivity index (χ4n) is 1.39. The van der Waals surface area contributed by atoms with Gasteiger partial charge in [-0.25, -0.2) is 0 Å². The van der Waals surface area contributed by atoms with E-state index < -0.39 is 0 Å². The fraction of sp³-hybridized carbons (Fsp3) is 0.778. The molecular formula is C9H16ClNO. The third kappa shape index (κ3) is 2.00. The van der Waals surface area contributed by atoms with E-state index in [0.717, 1.165) is 18.5 Å². The van der Waals surface area contributed by atoms with Crippen molar-refractivity contribution in [3.05, 3.63) is 12.2 Å². The van der Waals surface area contributed by atoms with Crippen molar-refractivity contribution in [1.29, 1.82) is 0 Å². The molecule has 2 unspecified atom stereocenters. The molecule has 0 amide bonds. The Balaban J connectivity index is 2.58. The van der Waals surface area contributed by atoms with E-state index in [-0.39, 0.29) is 11.6 Å². The highest BCUT2D eigenvalue weighted by molar-refractivity contribution is 6.22. The summed E-state index contributed by atoms with van der Waals surface area (Å²) in [6.45, 7) is 7.60. The number of piperidine rings is 1. The van der Waals surface area contributed by atoms with Gasteiger partial charge in [0.25, 0.3) is 0 Å². The van der Waals surface area contributed by atoms with Crippen molar-refractivity contribution in [2.24, 2.45) is 0 Å². The van der Waals surface area contributed by atoms with Crippen molar-refractivity contribution < 1.29 is 4.74 Å². The smallest absolute Gasteiger partial charge is 0.130 e. The van der Waals surface area contributed by atoms with Gasteiger partial charge in [-0.3, -0.25) is 4.90 Å². The van der Waals surface area contributed by atoms with Gasteiger partial charge in [0.1, 0.15) is 6.23 Å². The molecule has 1 heterocycles. The first kappa shape index (κ1) is 10.0. The first-order valence-electron chi connectivity index (χ1n) is 4.30. The van der Waals surface area contributed by atoms with E-state index >= 15 is 0 Å². The Morgan fingerprint density at radius 3 is 3.00 bits per heavy atom. The molecule has 1 aliphatic heterocycles. The summed E-state index contributed by atoms with van der Waals surface area (Å²) in [6.07, 6.45) is 0.992. The Kier molecular flexibility index (Phi) is 3.56. The number of hydrogen-bond acceptors (Lipinski definition) is 2. The minimum absolute atomic E-state index is 0.0120. The van der Waals surface area contributed by atoms with E-state index in [0.29, 0.717) is 6.61 Å². The van der Waals surface area contributed by atoms with Crippen LogP contribution in [0.4, 0.5) is 0 Å². The van der Waals surface area contributed by atoms with E-state index in [9.17, 15) is 0 Å². The van der Waals surface area contributed by atoms with E-state index in [4.69, 9.17) is 16.3 Å². The molecule has 1 rings (SSSR count). The third-order valence-electron chi connectivity index (χ3n) is 2.20. The standard InChI is InChI=1S/C9H16ClNO/c1-4-12-9-8(10)7(2)5-6-11(9)3/h8-9H,2,4-6H2,1,3H3. The minimum Gasteiger partial charge on any atom is -0.362 e. The van der Waals surface area contributed by atoms with Crippen LogP contribution in [0.25, 0.3) is 0 Å². The Labute approximate surface area is 79.1 Å². The highest BCUT2D eigenvalue weighted by Crippen LogP contribution is 2.25. The predicted octanol–water partition coefficient (Wildman–Crippen LogP) is 1.85. The molecule has 0 aromatic heterocycles. The van der Waals surface area contributed by atoms with E-state index in [1.807, 2.05) is 14.0 Å². The van der Waals surface area contributed by atoms with Gasteiger partial charge in [-0.05, 0) is 20.4 Å². The normalized spacial score (nSPS) is 32.4. The average Bonchev–Trinajstić information content (AvgIpc) is 2.06. The van der Waals surface area contributed by atoms with Gasteiger partial charge in [0.05, 0.1) is 5.38 Å². The van der Waals surface area contributed by atoms with Crippen LogP contribution < -0.4 is 0 Å². The molecule has 1 fully saturated rings. The van der Waals surface area contributed by atoms with Gasteiger partial charge in [0.15, 0.2) is 0 Å². The van der Waals surface area contributed by atoms with Crippen molar-refractivity contribution in [3.8, 4) is 0 Å². The largest absolute Gasteiger partial charge is 0.362 e. The molecule has 0 aliphatic carbocycles. The Morgan fingerprint density at radius 1 is 1.75 bits per heavy atom. The quantitative estimate of drug-likeness (QED) is 0.486. The van der Waals surface area contributed by atoms with Crippen LogP contribution in [0.3, 0.4) is 0 Å². The molecule has 0 N–H and O–H groups in total. The van der Waals surface area contributed by atoms with Crippen LogP contribution in [-0.2, 0) is 4.74 Å². The van der Waals surface area contributed by atoms with Crippen LogP contribution in [0.5, 0.6) is 0 Å². The maximum Gasteiger partial charge on any atom is 0.130 e. The molecule has 0 radical (unpaired) electrons. The van der Waals surface area contributed by atoms with E-state index in [1.54, 1.807) is 0 Å². The molecule has 1 aliphatic rings. The van der Waals surface area contributed by atoms with Gasteiger partial charge in [0.2, 0.25) is 0 Å². The van der Waals surface area contributed by atoms with Crippen molar-refractivity contribution in [1.82, 2.24) is 4.90 Å². The van der Waals surface area contributed by atoms with Gasteiger partial charge in [-0.2, -0.15) is 0 Å². The lowest BCUT2D eigenvalue weighted by Gasteiger charge is -2.36. The van der Waals surface area contributed by atoms with Crippen molar-refractivity contribution in [2.75, 3.05) is 20.2 Å². The van der Waals surface area contributed by atoms with Gasteiger partial charge in [0, 0.05) is 13.2 Å². The Morgan fingerprint density at radius 2 is 2.42 bits per heavy atom. The second-order valence-corrected chi connectivity index (χ2v) is 3.61. The summed E-state index contributed by atoms with van der Waals surface area (Å²) in [6, 6.07) is 0. The van der Waals surface area contributed by atoms with Gasteiger partial charge >= 0.3 is 0 Å². The summed E-state index contributed by atoms with van der Waals surface area (Å²) < 4.78 is 5.51. The summed E-state index contributed by atoms with van der Waals surface area (Å²) in [4.78, 5) is 2.13. The predicted molar refractivity (Wildman–Crippen MR) is 51.4 cm³/mol. The molecule has 3 heteroatoms. The van der Waals surface area contributed by atoms with Crippen LogP contribution in [0.2, 0.25) is 0 Å². The maximum absolute atomic E-state index is 6.14. The summed E-state index contributed by atoms with van der Waals surface area (Å²) in [5.74, 6) is 0. The molecule has 0 spiro atoms. The zero-order valence-electron chi connectivity index (χ0n) is 7.72. The average molecular weight is 190 g/mol. The molecule has 0 aromatic carbocycles. The van der Waals surface area contributed by atoms with Crippen LogP contribution >= 0.6 is 11.6 Å². The van der Waals surface area contributed by atoms with Gasteiger partial charge < -0.3 is 4.74 Å². The molecule has 0 saturated carbocycles. The number of alkyl halides is 1. The summed E-state index contributed by atoms with van der Waals surface area (Å²) in [5.41, 5.74) is 1.09. The Bertz CT molecular complexity index is 172. The van der Waals surface area contributed by atoms with Crippen LogP contribution in [0.1, 0.15) is 13.3 Å².